The van der Waals surface area contributed by atoms with Gasteiger partial charge in [0, 0.05) is 19.3 Å². The van der Waals surface area contributed by atoms with Gasteiger partial charge in [-0.25, -0.2) is 0 Å². The molecular weight excluding hydrogens is 184 g/mol. The molecule has 2 heterocycles. The second-order valence-corrected chi connectivity index (χ2v) is 3.18. The molecule has 0 spiro atoms. The minimum absolute atomic E-state index is 0.854. The van der Waals surface area contributed by atoms with Crippen molar-refractivity contribution in [3.05, 3.63) is 29.6 Å². The Morgan fingerprint density at radius 3 is 2.87 bits per heavy atom. The third kappa shape index (κ3) is 3.07. The molecule has 0 bridgehead atoms. The van der Waals surface area contributed by atoms with Crippen LogP contribution in [0, 0.1) is 11.8 Å². The standard InChI is InChI=1S/C11H12N2.C2H6/c1-2-3-7-13-8-10-5-4-6-12-11(10)9-13;1-2/h4-6H,7-9H2,1H3;1-2H3. The van der Waals surface area contributed by atoms with Crippen molar-refractivity contribution < 1.29 is 0 Å². The summed E-state index contributed by atoms with van der Waals surface area (Å²) in [5, 5.41) is 0. The van der Waals surface area contributed by atoms with Crippen LogP contribution in [0.15, 0.2) is 18.3 Å². The lowest BCUT2D eigenvalue weighted by atomic mass is 10.2. The molecule has 0 saturated heterocycles. The average Bonchev–Trinajstić information content (AvgIpc) is 2.71. The number of fused-ring (bicyclic) bond motifs is 1. The molecule has 1 aliphatic rings. The van der Waals surface area contributed by atoms with Gasteiger partial charge in [-0.3, -0.25) is 9.88 Å². The summed E-state index contributed by atoms with van der Waals surface area (Å²) < 4.78 is 0. The zero-order valence-electron chi connectivity index (χ0n) is 9.75. The van der Waals surface area contributed by atoms with E-state index in [0.717, 1.165) is 19.6 Å². The molecule has 2 nitrogen and oxygen atoms in total. The van der Waals surface area contributed by atoms with Crippen LogP contribution in [0.2, 0.25) is 0 Å². The molecule has 0 aromatic carbocycles. The van der Waals surface area contributed by atoms with E-state index in [1.165, 1.54) is 11.3 Å². The van der Waals surface area contributed by atoms with E-state index in [1.807, 2.05) is 33.0 Å². The highest BCUT2D eigenvalue weighted by Gasteiger charge is 2.17. The van der Waals surface area contributed by atoms with Gasteiger partial charge in [-0.15, -0.1) is 5.92 Å². The first kappa shape index (κ1) is 11.7. The predicted octanol–water partition coefficient (Wildman–Crippen LogP) is 2.45. The summed E-state index contributed by atoms with van der Waals surface area (Å²) in [4.78, 5) is 6.63. The summed E-state index contributed by atoms with van der Waals surface area (Å²) in [6, 6.07) is 4.13. The number of pyridine rings is 1. The number of hydrogen-bond donors (Lipinski definition) is 0. The number of rotatable bonds is 1. The lowest BCUT2D eigenvalue weighted by Crippen LogP contribution is -2.16. The summed E-state index contributed by atoms with van der Waals surface area (Å²) in [7, 11) is 0. The van der Waals surface area contributed by atoms with E-state index in [2.05, 4.69) is 27.8 Å². The first-order valence-corrected chi connectivity index (χ1v) is 5.45. The second-order valence-electron chi connectivity index (χ2n) is 3.18. The van der Waals surface area contributed by atoms with Gasteiger partial charge in [0.25, 0.3) is 0 Å². The topological polar surface area (TPSA) is 16.1 Å². The third-order valence-corrected chi connectivity index (χ3v) is 2.23. The molecule has 0 unspecified atom stereocenters. The maximum Gasteiger partial charge on any atom is 0.0608 e. The molecule has 0 N–H and O–H groups in total. The maximum atomic E-state index is 4.33. The Labute approximate surface area is 92.3 Å². The summed E-state index contributed by atoms with van der Waals surface area (Å²) in [5.74, 6) is 5.98. The van der Waals surface area contributed by atoms with Crippen molar-refractivity contribution in [1.82, 2.24) is 9.88 Å². The van der Waals surface area contributed by atoms with Crippen LogP contribution in [-0.2, 0) is 13.1 Å². The first-order chi connectivity index (χ1) is 7.40. The molecule has 1 aromatic heterocycles. The molecule has 0 fully saturated rings. The smallest absolute Gasteiger partial charge is 0.0608 e. The molecule has 0 amide bonds. The van der Waals surface area contributed by atoms with Crippen molar-refractivity contribution in [2.75, 3.05) is 6.54 Å². The Bertz CT molecular complexity index is 335. The number of hydrogen-bond acceptors (Lipinski definition) is 2. The van der Waals surface area contributed by atoms with Crippen LogP contribution in [0.4, 0.5) is 0 Å². The highest BCUT2D eigenvalue weighted by atomic mass is 15.1. The highest BCUT2D eigenvalue weighted by Crippen LogP contribution is 2.18. The van der Waals surface area contributed by atoms with Crippen LogP contribution < -0.4 is 0 Å². The van der Waals surface area contributed by atoms with Crippen molar-refractivity contribution in [2.45, 2.75) is 33.9 Å². The van der Waals surface area contributed by atoms with E-state index in [1.54, 1.807) is 0 Å². The van der Waals surface area contributed by atoms with E-state index in [9.17, 15) is 0 Å². The van der Waals surface area contributed by atoms with Gasteiger partial charge in [-0.2, -0.15) is 0 Å². The van der Waals surface area contributed by atoms with Crippen LogP contribution in [0.25, 0.3) is 0 Å². The average molecular weight is 202 g/mol. The minimum Gasteiger partial charge on any atom is -0.282 e. The van der Waals surface area contributed by atoms with Crippen molar-refractivity contribution >= 4 is 0 Å². The summed E-state index contributed by atoms with van der Waals surface area (Å²) in [6.07, 6.45) is 1.85. The second kappa shape index (κ2) is 6.21. The lowest BCUT2D eigenvalue weighted by molar-refractivity contribution is 0.320. The highest BCUT2D eigenvalue weighted by molar-refractivity contribution is 5.23. The zero-order chi connectivity index (χ0) is 11.1. The monoisotopic (exact) mass is 202 g/mol. The molecule has 0 aliphatic carbocycles. The van der Waals surface area contributed by atoms with E-state index < -0.39 is 0 Å². The minimum atomic E-state index is 0.854. The van der Waals surface area contributed by atoms with Gasteiger partial charge in [0.2, 0.25) is 0 Å². The van der Waals surface area contributed by atoms with Gasteiger partial charge in [0.15, 0.2) is 0 Å². The molecular formula is C13H18N2. The molecule has 1 aliphatic heterocycles. The fraction of sp³-hybridized carbons (Fsp3) is 0.462. The van der Waals surface area contributed by atoms with Crippen LogP contribution in [0.3, 0.4) is 0 Å². The van der Waals surface area contributed by atoms with E-state index in [-0.39, 0.29) is 0 Å². The summed E-state index contributed by atoms with van der Waals surface area (Å²) >= 11 is 0. The van der Waals surface area contributed by atoms with Gasteiger partial charge in [-0.05, 0) is 18.6 Å². The van der Waals surface area contributed by atoms with Gasteiger partial charge < -0.3 is 0 Å². The Morgan fingerprint density at radius 1 is 1.40 bits per heavy atom. The normalized spacial score (nSPS) is 13.3. The van der Waals surface area contributed by atoms with E-state index in [0.29, 0.717) is 0 Å². The van der Waals surface area contributed by atoms with Gasteiger partial charge in [0.1, 0.15) is 0 Å². The van der Waals surface area contributed by atoms with Gasteiger partial charge in [-0.1, -0.05) is 25.8 Å². The fourth-order valence-corrected chi connectivity index (χ4v) is 1.57. The zero-order valence-corrected chi connectivity index (χ0v) is 9.75. The Morgan fingerprint density at radius 2 is 2.20 bits per heavy atom. The molecule has 80 valence electrons. The van der Waals surface area contributed by atoms with E-state index in [4.69, 9.17) is 0 Å². The predicted molar refractivity (Wildman–Crippen MR) is 63.1 cm³/mol. The lowest BCUT2D eigenvalue weighted by Gasteiger charge is -2.08. The molecule has 1 aromatic rings. The van der Waals surface area contributed by atoms with Crippen molar-refractivity contribution in [1.29, 1.82) is 0 Å². The van der Waals surface area contributed by atoms with Crippen molar-refractivity contribution in [2.24, 2.45) is 0 Å². The van der Waals surface area contributed by atoms with Crippen molar-refractivity contribution in [3.8, 4) is 11.8 Å². The van der Waals surface area contributed by atoms with Gasteiger partial charge in [0.05, 0.1) is 12.2 Å². The summed E-state index contributed by atoms with van der Waals surface area (Å²) in [6.45, 7) is 8.68. The Balaban J connectivity index is 0.000000531. The van der Waals surface area contributed by atoms with Crippen LogP contribution >= 0.6 is 0 Å². The largest absolute Gasteiger partial charge is 0.282 e. The molecule has 2 rings (SSSR count). The Kier molecular flexibility index (Phi) is 4.86. The molecule has 0 saturated carbocycles. The number of nitrogens with zero attached hydrogens (tertiary/aromatic N) is 2. The molecule has 15 heavy (non-hydrogen) atoms. The maximum absolute atomic E-state index is 4.33. The first-order valence-electron chi connectivity index (χ1n) is 5.45. The molecule has 0 atom stereocenters. The van der Waals surface area contributed by atoms with Crippen LogP contribution in [0.5, 0.6) is 0 Å². The molecule has 0 radical (unpaired) electrons. The van der Waals surface area contributed by atoms with Gasteiger partial charge >= 0.3 is 0 Å². The van der Waals surface area contributed by atoms with E-state index >= 15 is 0 Å². The third-order valence-electron chi connectivity index (χ3n) is 2.23. The van der Waals surface area contributed by atoms with Crippen LogP contribution in [0.1, 0.15) is 32.0 Å². The van der Waals surface area contributed by atoms with Crippen LogP contribution in [-0.4, -0.2) is 16.4 Å². The number of aromatic nitrogens is 1. The van der Waals surface area contributed by atoms with Crippen molar-refractivity contribution in [3.63, 3.8) is 0 Å². The Hall–Kier alpha value is -1.33. The quantitative estimate of drug-likeness (QED) is 0.650. The fourth-order valence-electron chi connectivity index (χ4n) is 1.57. The SMILES string of the molecule is CC.CC#CCN1Cc2cccnc2C1. The summed E-state index contributed by atoms with van der Waals surface area (Å²) in [5.41, 5.74) is 2.56. The molecule has 2 heteroatoms.